The molecule has 27 heavy (non-hydrogen) atoms. The van der Waals surface area contributed by atoms with Crippen molar-refractivity contribution in [1.82, 2.24) is 0 Å². The summed E-state index contributed by atoms with van der Waals surface area (Å²) in [5, 5.41) is 27.7. The molecule has 1 aliphatic carbocycles. The molecule has 150 valence electrons. The van der Waals surface area contributed by atoms with E-state index in [9.17, 15) is 10.2 Å². The first-order chi connectivity index (χ1) is 12.9. The average Bonchev–Trinajstić information content (AvgIpc) is 2.70. The largest absolute Gasteiger partial charge is 0.495 e. The molecule has 2 unspecified atom stereocenters. The van der Waals surface area contributed by atoms with E-state index < -0.39 is 12.2 Å². The third-order valence-corrected chi connectivity index (χ3v) is 5.14. The van der Waals surface area contributed by atoms with Crippen LogP contribution in [0.25, 0.3) is 0 Å². The molecule has 2 atom stereocenters. The molecule has 0 spiro atoms. The molecule has 0 bridgehead atoms. The van der Waals surface area contributed by atoms with Gasteiger partial charge in [-0.1, -0.05) is 37.6 Å². The Morgan fingerprint density at radius 3 is 2.22 bits per heavy atom. The van der Waals surface area contributed by atoms with Crippen molar-refractivity contribution in [3.63, 3.8) is 0 Å². The van der Waals surface area contributed by atoms with Crippen LogP contribution < -0.4 is 4.74 Å². The van der Waals surface area contributed by atoms with Crippen molar-refractivity contribution in [1.29, 1.82) is 0 Å². The molecule has 6 heteroatoms. The number of halogens is 1. The second kappa shape index (κ2) is 10.1. The zero-order valence-electron chi connectivity index (χ0n) is 15.9. The molecule has 2 rings (SSSR count). The smallest absolute Gasteiger partial charge is 0.119 e. The first-order valence-corrected chi connectivity index (χ1v) is 9.69. The summed E-state index contributed by atoms with van der Waals surface area (Å²) in [4.78, 5) is 0. The molecule has 0 aliphatic heterocycles. The molecule has 0 aromatic heterocycles. The number of benzene rings is 1. The van der Waals surface area contributed by atoms with E-state index >= 15 is 0 Å². The first-order valence-electron chi connectivity index (χ1n) is 9.16. The molecule has 1 aliphatic rings. The normalized spacial score (nSPS) is 17.0. The van der Waals surface area contributed by atoms with E-state index in [0.29, 0.717) is 5.75 Å². The van der Waals surface area contributed by atoms with Crippen LogP contribution in [0.3, 0.4) is 0 Å². The van der Waals surface area contributed by atoms with Crippen LogP contribution >= 0.6 is 11.6 Å². The van der Waals surface area contributed by atoms with E-state index in [1.807, 2.05) is 30.3 Å². The van der Waals surface area contributed by atoms with Gasteiger partial charge in [0.1, 0.15) is 31.2 Å². The standard InChI is InChI=1S/C21H29ClO5/c1-21(2,15-3-7-19(8-4-15)26-13-17(24)11-22)16-5-9-20(10-6-16)27-14-18(25)12-23/h3,5-7,9-10,17-18,23-25H,4,8,11-14H2,1-2H3. The molecular weight excluding hydrogens is 368 g/mol. The minimum absolute atomic E-state index is 0.0659. The van der Waals surface area contributed by atoms with E-state index in [4.69, 9.17) is 26.2 Å². The van der Waals surface area contributed by atoms with Gasteiger partial charge in [-0.15, -0.1) is 11.6 Å². The number of rotatable bonds is 10. The first kappa shape index (κ1) is 21.8. The molecule has 0 amide bonds. The number of aliphatic hydroxyl groups excluding tert-OH is 3. The third kappa shape index (κ3) is 6.25. The van der Waals surface area contributed by atoms with Crippen LogP contribution in [0, 0.1) is 0 Å². The predicted octanol–water partition coefficient (Wildman–Crippen LogP) is 2.92. The quantitative estimate of drug-likeness (QED) is 0.530. The summed E-state index contributed by atoms with van der Waals surface area (Å²) in [6.07, 6.45) is 4.22. The summed E-state index contributed by atoms with van der Waals surface area (Å²) >= 11 is 5.58. The Kier molecular flexibility index (Phi) is 8.17. The summed E-state index contributed by atoms with van der Waals surface area (Å²) in [6, 6.07) is 7.80. The van der Waals surface area contributed by atoms with Gasteiger partial charge in [-0.2, -0.15) is 0 Å². The monoisotopic (exact) mass is 396 g/mol. The van der Waals surface area contributed by atoms with Gasteiger partial charge in [-0.25, -0.2) is 0 Å². The van der Waals surface area contributed by atoms with Crippen LogP contribution in [0.4, 0.5) is 0 Å². The van der Waals surface area contributed by atoms with Crippen LogP contribution in [-0.2, 0) is 10.2 Å². The van der Waals surface area contributed by atoms with Gasteiger partial charge in [-0.3, -0.25) is 0 Å². The van der Waals surface area contributed by atoms with Gasteiger partial charge >= 0.3 is 0 Å². The lowest BCUT2D eigenvalue weighted by atomic mass is 9.74. The molecule has 0 saturated heterocycles. The van der Waals surface area contributed by atoms with Crippen molar-refractivity contribution in [2.75, 3.05) is 25.7 Å². The molecule has 5 nitrogen and oxygen atoms in total. The van der Waals surface area contributed by atoms with E-state index in [2.05, 4.69) is 19.9 Å². The van der Waals surface area contributed by atoms with E-state index in [-0.39, 0.29) is 31.1 Å². The highest BCUT2D eigenvalue weighted by Gasteiger charge is 2.27. The van der Waals surface area contributed by atoms with Crippen molar-refractivity contribution in [3.05, 3.63) is 53.3 Å². The summed E-state index contributed by atoms with van der Waals surface area (Å²) in [5.41, 5.74) is 2.33. The number of hydrogen-bond donors (Lipinski definition) is 3. The molecule has 1 aromatic rings. The maximum Gasteiger partial charge on any atom is 0.119 e. The van der Waals surface area contributed by atoms with Gasteiger partial charge < -0.3 is 24.8 Å². The van der Waals surface area contributed by atoms with Gasteiger partial charge in [0.05, 0.1) is 18.2 Å². The molecular formula is C21H29ClO5. The number of alkyl halides is 1. The van der Waals surface area contributed by atoms with Crippen LogP contribution in [-0.4, -0.2) is 53.2 Å². The maximum absolute atomic E-state index is 9.49. The molecule has 0 fully saturated rings. The summed E-state index contributed by atoms with van der Waals surface area (Å²) in [5.74, 6) is 1.69. The predicted molar refractivity (Wildman–Crippen MR) is 106 cm³/mol. The van der Waals surface area contributed by atoms with Gasteiger partial charge in [-0.05, 0) is 30.2 Å². The van der Waals surface area contributed by atoms with Gasteiger partial charge in [0.25, 0.3) is 0 Å². The van der Waals surface area contributed by atoms with Crippen molar-refractivity contribution in [2.45, 2.75) is 44.3 Å². The zero-order chi connectivity index (χ0) is 19.9. The fourth-order valence-corrected chi connectivity index (χ4v) is 2.99. The van der Waals surface area contributed by atoms with E-state index in [0.717, 1.165) is 18.6 Å². The topological polar surface area (TPSA) is 79.2 Å². The highest BCUT2D eigenvalue weighted by Crippen LogP contribution is 2.37. The molecule has 0 heterocycles. The Balaban J connectivity index is 2.00. The van der Waals surface area contributed by atoms with Crippen LogP contribution in [0.5, 0.6) is 5.75 Å². The Labute approximate surface area is 165 Å². The lowest BCUT2D eigenvalue weighted by Gasteiger charge is -2.31. The van der Waals surface area contributed by atoms with E-state index in [1.54, 1.807) is 0 Å². The Morgan fingerprint density at radius 2 is 1.67 bits per heavy atom. The fraction of sp³-hybridized carbons (Fsp3) is 0.524. The zero-order valence-corrected chi connectivity index (χ0v) is 16.7. The maximum atomic E-state index is 9.49. The molecule has 0 saturated carbocycles. The van der Waals surface area contributed by atoms with Crippen molar-refractivity contribution in [2.24, 2.45) is 0 Å². The van der Waals surface area contributed by atoms with Crippen molar-refractivity contribution in [3.8, 4) is 5.75 Å². The van der Waals surface area contributed by atoms with E-state index in [1.165, 1.54) is 11.1 Å². The minimum Gasteiger partial charge on any atom is -0.495 e. The Bertz CT molecular complexity index is 651. The lowest BCUT2D eigenvalue weighted by Crippen LogP contribution is -2.23. The van der Waals surface area contributed by atoms with Crippen molar-refractivity contribution < 1.29 is 24.8 Å². The Hall–Kier alpha value is -1.53. The highest BCUT2D eigenvalue weighted by molar-refractivity contribution is 6.18. The summed E-state index contributed by atoms with van der Waals surface area (Å²) in [6.45, 7) is 4.33. The molecule has 3 N–H and O–H groups in total. The molecule has 0 radical (unpaired) electrons. The second-order valence-electron chi connectivity index (χ2n) is 7.24. The molecule has 1 aromatic carbocycles. The fourth-order valence-electron chi connectivity index (χ4n) is 2.91. The Morgan fingerprint density at radius 1 is 1.00 bits per heavy atom. The van der Waals surface area contributed by atoms with Crippen LogP contribution in [0.2, 0.25) is 0 Å². The highest BCUT2D eigenvalue weighted by atomic mass is 35.5. The lowest BCUT2D eigenvalue weighted by molar-refractivity contribution is 0.0536. The van der Waals surface area contributed by atoms with Crippen molar-refractivity contribution >= 4 is 11.6 Å². The van der Waals surface area contributed by atoms with Gasteiger partial charge in [0.15, 0.2) is 0 Å². The number of aliphatic hydroxyl groups is 3. The SMILES string of the molecule is CC(C)(C1=CC=C(OCC(O)CCl)CC1)c1ccc(OCC(O)CO)cc1. The number of hydrogen-bond acceptors (Lipinski definition) is 5. The van der Waals surface area contributed by atoms with Gasteiger partial charge in [0, 0.05) is 11.8 Å². The van der Waals surface area contributed by atoms with Crippen LogP contribution in [0.1, 0.15) is 32.3 Å². The number of allylic oxidation sites excluding steroid dienone is 4. The van der Waals surface area contributed by atoms with Gasteiger partial charge in [0.2, 0.25) is 0 Å². The summed E-state index contributed by atoms with van der Waals surface area (Å²) < 4.78 is 11.1. The number of ether oxygens (including phenoxy) is 2. The average molecular weight is 397 g/mol. The minimum atomic E-state index is -0.873. The van der Waals surface area contributed by atoms with Crippen LogP contribution in [0.15, 0.2) is 47.7 Å². The third-order valence-electron chi connectivity index (χ3n) is 4.78. The summed E-state index contributed by atoms with van der Waals surface area (Å²) in [7, 11) is 0. The second-order valence-corrected chi connectivity index (χ2v) is 7.55.